The van der Waals surface area contributed by atoms with Gasteiger partial charge in [0.05, 0.1) is 10.6 Å². The van der Waals surface area contributed by atoms with Gasteiger partial charge in [-0.2, -0.15) is 0 Å². The number of hydrogen-bond donors (Lipinski definition) is 1. The average molecular weight is 353 g/mol. The van der Waals surface area contributed by atoms with E-state index in [0.717, 1.165) is 11.8 Å². The Morgan fingerprint density at radius 3 is 2.04 bits per heavy atom. The molecule has 0 amide bonds. The molecule has 0 aromatic heterocycles. The van der Waals surface area contributed by atoms with Gasteiger partial charge in [0.2, 0.25) is 0 Å². The fourth-order valence-electron chi connectivity index (χ4n) is 1.44. The Balaban J connectivity index is 0.000000313. The molecule has 2 aromatic carbocycles. The molecule has 0 heterocycles. The summed E-state index contributed by atoms with van der Waals surface area (Å²) in [5.74, 6) is -0.183. The Hall–Kier alpha value is -1.83. The third-order valence-corrected chi connectivity index (χ3v) is 4.10. The Labute approximate surface area is 140 Å². The van der Waals surface area contributed by atoms with Gasteiger partial charge in [0, 0.05) is 12.5 Å². The molecule has 2 N–H and O–H groups in total. The molecule has 1 unspecified atom stereocenters. The molecule has 0 aliphatic heterocycles. The highest BCUT2D eigenvalue weighted by molar-refractivity contribution is 8.14. The highest BCUT2D eigenvalue weighted by Crippen LogP contribution is 2.10. The van der Waals surface area contributed by atoms with Crippen LogP contribution in [-0.2, 0) is 15.8 Å². The van der Waals surface area contributed by atoms with E-state index in [1.165, 1.54) is 19.1 Å². The average Bonchev–Trinajstić information content (AvgIpc) is 2.54. The van der Waals surface area contributed by atoms with Gasteiger partial charge in [0.1, 0.15) is 16.8 Å². The minimum atomic E-state index is -1.53. The highest BCUT2D eigenvalue weighted by atomic mass is 32.2. The lowest BCUT2D eigenvalue weighted by Crippen LogP contribution is -2.06. The number of Topliss-reactive ketones (excluding diaryl/α,β-unsaturated/α-hetero) is 1. The van der Waals surface area contributed by atoms with E-state index < -0.39 is 11.0 Å². The summed E-state index contributed by atoms with van der Waals surface area (Å²) in [6.45, 7) is 1.42. The first kappa shape index (κ1) is 19.2. The number of carbonyl (C=O) groups excluding carboxylic acids is 2. The summed E-state index contributed by atoms with van der Waals surface area (Å²) in [5.41, 5.74) is 0.489. The molecule has 0 fully saturated rings. The van der Waals surface area contributed by atoms with Crippen molar-refractivity contribution >= 4 is 33.6 Å². The van der Waals surface area contributed by atoms with Gasteiger partial charge in [-0.1, -0.05) is 42.1 Å². The standard InChI is InChI=1S/C10H11NO3S2.C6H5F/c1-7(12)15-6-10(13)8-2-4-9(5-3-8)16(11)14;7-6-4-2-1-3-5-6/h2-5H,6,11H2,1H3;1-5H. The van der Waals surface area contributed by atoms with Crippen molar-refractivity contribution in [2.24, 2.45) is 5.14 Å². The van der Waals surface area contributed by atoms with Crippen molar-refractivity contribution < 1.29 is 18.2 Å². The molecule has 0 bridgehead atoms. The van der Waals surface area contributed by atoms with E-state index in [-0.39, 0.29) is 22.5 Å². The Morgan fingerprint density at radius 1 is 1.09 bits per heavy atom. The van der Waals surface area contributed by atoms with Crippen LogP contribution in [0, 0.1) is 5.82 Å². The number of nitrogens with two attached hydrogens (primary N) is 1. The van der Waals surface area contributed by atoms with E-state index in [1.807, 2.05) is 0 Å². The number of benzene rings is 2. The topological polar surface area (TPSA) is 77.2 Å². The van der Waals surface area contributed by atoms with Crippen molar-refractivity contribution in [3.8, 4) is 0 Å². The van der Waals surface area contributed by atoms with Crippen LogP contribution < -0.4 is 5.14 Å². The predicted octanol–water partition coefficient (Wildman–Crippen LogP) is 2.96. The number of hydrogen-bond acceptors (Lipinski definition) is 4. The molecule has 4 nitrogen and oxygen atoms in total. The molecule has 0 saturated carbocycles. The lowest BCUT2D eigenvalue weighted by molar-refractivity contribution is -0.109. The number of halogens is 1. The summed E-state index contributed by atoms with van der Waals surface area (Å²) in [5, 5.41) is 5.09. The second-order valence-corrected chi connectivity index (χ2v) is 6.54. The van der Waals surface area contributed by atoms with Crippen LogP contribution in [-0.4, -0.2) is 20.9 Å². The Morgan fingerprint density at radius 2 is 1.65 bits per heavy atom. The first-order valence-corrected chi connectivity index (χ1v) is 8.73. The number of thioether (sulfide) groups is 1. The first-order valence-electron chi connectivity index (χ1n) is 6.53. The minimum Gasteiger partial charge on any atom is -0.293 e. The summed E-state index contributed by atoms with van der Waals surface area (Å²) in [7, 11) is -1.53. The van der Waals surface area contributed by atoms with Crippen LogP contribution in [0.5, 0.6) is 0 Å². The van der Waals surface area contributed by atoms with E-state index in [9.17, 15) is 18.2 Å². The molecule has 122 valence electrons. The molecule has 1 atom stereocenters. The zero-order chi connectivity index (χ0) is 17.2. The molecule has 2 aromatic rings. The van der Waals surface area contributed by atoms with Gasteiger partial charge >= 0.3 is 0 Å². The fourth-order valence-corrected chi connectivity index (χ4v) is 2.35. The maximum absolute atomic E-state index is 11.9. The van der Waals surface area contributed by atoms with Crippen molar-refractivity contribution in [2.75, 3.05) is 5.75 Å². The largest absolute Gasteiger partial charge is 0.293 e. The van der Waals surface area contributed by atoms with Crippen molar-refractivity contribution in [1.29, 1.82) is 0 Å². The molecule has 23 heavy (non-hydrogen) atoms. The molecule has 0 aliphatic rings. The summed E-state index contributed by atoms with van der Waals surface area (Å²) < 4.78 is 22.8. The molecule has 7 heteroatoms. The monoisotopic (exact) mass is 353 g/mol. The van der Waals surface area contributed by atoms with Gasteiger partial charge in [-0.25, -0.2) is 13.7 Å². The van der Waals surface area contributed by atoms with Gasteiger partial charge in [0.15, 0.2) is 10.9 Å². The van der Waals surface area contributed by atoms with Crippen LogP contribution in [0.3, 0.4) is 0 Å². The first-order chi connectivity index (χ1) is 10.9. The number of ketones is 1. The lowest BCUT2D eigenvalue weighted by Gasteiger charge is -2.00. The highest BCUT2D eigenvalue weighted by Gasteiger charge is 2.08. The molecular formula is C16H16FNO3S2. The minimum absolute atomic E-state index is 0.0898. The van der Waals surface area contributed by atoms with Crippen molar-refractivity contribution in [1.82, 2.24) is 0 Å². The van der Waals surface area contributed by atoms with E-state index in [0.29, 0.717) is 10.5 Å². The second-order valence-electron chi connectivity index (χ2n) is 4.32. The third kappa shape index (κ3) is 7.83. The summed E-state index contributed by atoms with van der Waals surface area (Å²) in [4.78, 5) is 22.7. The van der Waals surface area contributed by atoms with Crippen LogP contribution in [0.15, 0.2) is 59.5 Å². The summed E-state index contributed by atoms with van der Waals surface area (Å²) in [6.07, 6.45) is 0. The Bertz CT molecular complexity index is 675. The van der Waals surface area contributed by atoms with Crippen LogP contribution in [0.4, 0.5) is 4.39 Å². The molecule has 2 rings (SSSR count). The maximum atomic E-state index is 11.9. The molecule has 0 spiro atoms. The van der Waals surface area contributed by atoms with Gasteiger partial charge in [-0.05, 0) is 24.3 Å². The van der Waals surface area contributed by atoms with Crippen LogP contribution >= 0.6 is 11.8 Å². The maximum Gasteiger partial charge on any atom is 0.186 e. The van der Waals surface area contributed by atoms with Gasteiger partial charge in [-0.15, -0.1) is 0 Å². The second kappa shape index (κ2) is 10.0. The predicted molar refractivity (Wildman–Crippen MR) is 90.9 cm³/mol. The van der Waals surface area contributed by atoms with Crippen LogP contribution in [0.25, 0.3) is 0 Å². The molecule has 0 saturated heterocycles. The zero-order valence-corrected chi connectivity index (χ0v) is 14.0. The van der Waals surface area contributed by atoms with Gasteiger partial charge in [0.25, 0.3) is 0 Å². The zero-order valence-electron chi connectivity index (χ0n) is 12.4. The molecule has 0 aliphatic carbocycles. The lowest BCUT2D eigenvalue weighted by atomic mass is 10.1. The molecular weight excluding hydrogens is 337 g/mol. The third-order valence-electron chi connectivity index (χ3n) is 2.55. The Kier molecular flexibility index (Phi) is 8.39. The van der Waals surface area contributed by atoms with E-state index in [4.69, 9.17) is 5.14 Å². The number of rotatable bonds is 4. The summed E-state index contributed by atoms with van der Waals surface area (Å²) in [6, 6.07) is 14.1. The van der Waals surface area contributed by atoms with E-state index >= 15 is 0 Å². The number of carbonyl (C=O) groups is 2. The SMILES string of the molecule is CC(=O)SCC(=O)c1ccc(S(N)=O)cc1.Fc1ccccc1. The van der Waals surface area contributed by atoms with E-state index in [1.54, 1.807) is 42.5 Å². The van der Waals surface area contributed by atoms with Gasteiger partial charge < -0.3 is 0 Å². The smallest absolute Gasteiger partial charge is 0.186 e. The van der Waals surface area contributed by atoms with Crippen LogP contribution in [0.1, 0.15) is 17.3 Å². The van der Waals surface area contributed by atoms with Crippen molar-refractivity contribution in [3.05, 3.63) is 66.0 Å². The van der Waals surface area contributed by atoms with Crippen LogP contribution in [0.2, 0.25) is 0 Å². The van der Waals surface area contributed by atoms with E-state index in [2.05, 4.69) is 0 Å². The van der Waals surface area contributed by atoms with Crippen molar-refractivity contribution in [2.45, 2.75) is 11.8 Å². The molecule has 0 radical (unpaired) electrons. The van der Waals surface area contributed by atoms with Gasteiger partial charge in [-0.3, -0.25) is 9.59 Å². The fraction of sp³-hybridized carbons (Fsp3) is 0.125. The summed E-state index contributed by atoms with van der Waals surface area (Å²) >= 11 is 0.972. The normalized spacial score (nSPS) is 11.1. The quantitative estimate of drug-likeness (QED) is 0.857. The van der Waals surface area contributed by atoms with Crippen molar-refractivity contribution in [3.63, 3.8) is 0 Å².